The maximum absolute atomic E-state index is 12.6. The molecule has 4 bridgehead atoms. The molecule has 5 aliphatic carbocycles. The second-order valence-electron chi connectivity index (χ2n) is 10.2. The number of hydrogen-bond donors (Lipinski definition) is 2. The fraction of sp³-hybridized carbons (Fsp3) is 0.667. The summed E-state index contributed by atoms with van der Waals surface area (Å²) in [5, 5.41) is 0. The number of aryl methyl sites for hydroxylation is 2. The summed E-state index contributed by atoms with van der Waals surface area (Å²) in [6.45, 7) is 0. The maximum atomic E-state index is 12.6. The lowest BCUT2D eigenvalue weighted by atomic mass is 9.49. The monoisotopic (exact) mass is 380 g/mol. The molecule has 4 heteroatoms. The molecule has 1 aromatic carbocycles. The number of amides is 2. The Morgan fingerprint density at radius 2 is 1.46 bits per heavy atom. The van der Waals surface area contributed by atoms with Crippen molar-refractivity contribution < 1.29 is 9.59 Å². The molecule has 0 aliphatic heterocycles. The van der Waals surface area contributed by atoms with Crippen molar-refractivity contribution in [2.45, 2.75) is 77.0 Å². The first kappa shape index (κ1) is 18.2. The van der Waals surface area contributed by atoms with Gasteiger partial charge in [-0.3, -0.25) is 20.4 Å². The number of carbonyl (C=O) groups is 2. The van der Waals surface area contributed by atoms with Crippen LogP contribution in [0.25, 0.3) is 0 Å². The van der Waals surface area contributed by atoms with Gasteiger partial charge in [-0.2, -0.15) is 0 Å². The minimum atomic E-state index is -0.130. The molecular formula is C24H32N2O2. The summed E-state index contributed by atoms with van der Waals surface area (Å²) in [5.41, 5.74) is 9.42. The van der Waals surface area contributed by atoms with E-state index >= 15 is 0 Å². The summed E-state index contributed by atoms with van der Waals surface area (Å²) in [5.74, 6) is 2.39. The van der Waals surface area contributed by atoms with E-state index in [1.807, 2.05) is 0 Å². The second-order valence-corrected chi connectivity index (χ2v) is 10.2. The van der Waals surface area contributed by atoms with Crippen molar-refractivity contribution in [3.05, 3.63) is 34.9 Å². The van der Waals surface area contributed by atoms with E-state index in [-0.39, 0.29) is 17.2 Å². The van der Waals surface area contributed by atoms with Gasteiger partial charge < -0.3 is 0 Å². The number of fused-ring (bicyclic) bond motifs is 1. The molecule has 6 rings (SSSR count). The lowest BCUT2D eigenvalue weighted by molar-refractivity contribution is -0.134. The highest BCUT2D eigenvalue weighted by Gasteiger charge is 2.51. The Kier molecular flexibility index (Phi) is 4.68. The minimum Gasteiger partial charge on any atom is -0.273 e. The van der Waals surface area contributed by atoms with Crippen molar-refractivity contribution in [2.75, 3.05) is 0 Å². The van der Waals surface area contributed by atoms with Crippen molar-refractivity contribution in [3.63, 3.8) is 0 Å². The van der Waals surface area contributed by atoms with Crippen LogP contribution in [-0.2, 0) is 28.9 Å². The topological polar surface area (TPSA) is 58.2 Å². The van der Waals surface area contributed by atoms with Gasteiger partial charge in [0.25, 0.3) is 0 Å². The number of rotatable bonds is 4. The third kappa shape index (κ3) is 3.70. The number of benzene rings is 1. The van der Waals surface area contributed by atoms with E-state index in [4.69, 9.17) is 0 Å². The molecule has 0 aromatic heterocycles. The zero-order chi connectivity index (χ0) is 19.1. The van der Waals surface area contributed by atoms with Gasteiger partial charge in [-0.15, -0.1) is 0 Å². The van der Waals surface area contributed by atoms with Crippen molar-refractivity contribution in [1.82, 2.24) is 10.9 Å². The summed E-state index contributed by atoms with van der Waals surface area (Å²) >= 11 is 0. The molecule has 4 saturated carbocycles. The van der Waals surface area contributed by atoms with Gasteiger partial charge in [-0.1, -0.05) is 18.2 Å². The van der Waals surface area contributed by atoms with Crippen LogP contribution in [0.2, 0.25) is 0 Å². The van der Waals surface area contributed by atoms with Crippen molar-refractivity contribution >= 4 is 11.8 Å². The lowest BCUT2D eigenvalue weighted by Gasteiger charge is -2.56. The van der Waals surface area contributed by atoms with Crippen LogP contribution in [0, 0.1) is 23.2 Å². The van der Waals surface area contributed by atoms with Crippen LogP contribution in [0.4, 0.5) is 0 Å². The number of carbonyl (C=O) groups excluding carboxylic acids is 2. The van der Waals surface area contributed by atoms with E-state index in [0.717, 1.165) is 36.2 Å². The third-order valence-corrected chi connectivity index (χ3v) is 7.82. The van der Waals surface area contributed by atoms with Crippen LogP contribution in [0.5, 0.6) is 0 Å². The summed E-state index contributed by atoms with van der Waals surface area (Å²) in [6.07, 6.45) is 13.5. The van der Waals surface area contributed by atoms with Crippen LogP contribution < -0.4 is 10.9 Å². The number of hydrogen-bond acceptors (Lipinski definition) is 2. The minimum absolute atomic E-state index is 0.0132. The molecule has 5 aliphatic rings. The molecule has 150 valence electrons. The van der Waals surface area contributed by atoms with Gasteiger partial charge in [0.05, 0.1) is 6.42 Å². The molecule has 0 unspecified atom stereocenters. The van der Waals surface area contributed by atoms with Gasteiger partial charge in [0.2, 0.25) is 11.8 Å². The maximum Gasteiger partial charge on any atom is 0.242 e. The van der Waals surface area contributed by atoms with E-state index in [0.29, 0.717) is 12.8 Å². The zero-order valence-electron chi connectivity index (χ0n) is 16.8. The van der Waals surface area contributed by atoms with Crippen molar-refractivity contribution in [1.29, 1.82) is 0 Å². The first-order chi connectivity index (χ1) is 13.6. The van der Waals surface area contributed by atoms with Gasteiger partial charge in [-0.05, 0) is 104 Å². The molecular weight excluding hydrogens is 348 g/mol. The molecule has 0 saturated heterocycles. The largest absolute Gasteiger partial charge is 0.273 e. The quantitative estimate of drug-likeness (QED) is 0.779. The zero-order valence-corrected chi connectivity index (χ0v) is 16.8. The average molecular weight is 381 g/mol. The van der Waals surface area contributed by atoms with Crippen LogP contribution in [0.3, 0.4) is 0 Å². The van der Waals surface area contributed by atoms with Crippen molar-refractivity contribution in [2.24, 2.45) is 23.2 Å². The first-order valence-corrected chi connectivity index (χ1v) is 11.3. The molecule has 4 nitrogen and oxygen atoms in total. The van der Waals surface area contributed by atoms with Gasteiger partial charge >= 0.3 is 0 Å². The smallest absolute Gasteiger partial charge is 0.242 e. The Labute approximate surface area is 167 Å². The first-order valence-electron chi connectivity index (χ1n) is 11.3. The highest BCUT2D eigenvalue weighted by Crippen LogP contribution is 2.61. The Bertz CT molecular complexity index is 750. The second kappa shape index (κ2) is 7.20. The van der Waals surface area contributed by atoms with Crippen LogP contribution in [-0.4, -0.2) is 11.8 Å². The lowest BCUT2D eigenvalue weighted by Crippen LogP contribution is -2.50. The predicted octanol–water partition coefficient (Wildman–Crippen LogP) is 3.86. The number of hydrazine groups is 1. The van der Waals surface area contributed by atoms with E-state index in [1.165, 1.54) is 62.5 Å². The van der Waals surface area contributed by atoms with E-state index in [2.05, 4.69) is 29.1 Å². The molecule has 0 spiro atoms. The highest BCUT2D eigenvalue weighted by atomic mass is 16.2. The highest BCUT2D eigenvalue weighted by molar-refractivity contribution is 5.83. The Balaban J connectivity index is 1.12. The average Bonchev–Trinajstić information content (AvgIpc) is 2.65. The molecule has 2 amide bonds. The third-order valence-electron chi connectivity index (χ3n) is 7.82. The molecule has 2 N–H and O–H groups in total. The van der Waals surface area contributed by atoms with E-state index < -0.39 is 0 Å². The predicted molar refractivity (Wildman–Crippen MR) is 108 cm³/mol. The van der Waals surface area contributed by atoms with E-state index in [1.54, 1.807) is 0 Å². The summed E-state index contributed by atoms with van der Waals surface area (Å²) in [4.78, 5) is 24.9. The van der Waals surface area contributed by atoms with Crippen molar-refractivity contribution in [3.8, 4) is 0 Å². The molecule has 0 radical (unpaired) electrons. The molecule has 0 heterocycles. The Morgan fingerprint density at radius 1 is 0.857 bits per heavy atom. The molecule has 0 atom stereocenters. The van der Waals surface area contributed by atoms with Gasteiger partial charge in [-0.25, -0.2) is 0 Å². The van der Waals surface area contributed by atoms with E-state index in [9.17, 15) is 9.59 Å². The number of nitrogens with one attached hydrogen (secondary N) is 2. The van der Waals surface area contributed by atoms with Gasteiger partial charge in [0.1, 0.15) is 0 Å². The van der Waals surface area contributed by atoms with Gasteiger partial charge in [0, 0.05) is 6.42 Å². The molecule has 1 aromatic rings. The molecule has 4 fully saturated rings. The van der Waals surface area contributed by atoms with Crippen LogP contribution >= 0.6 is 0 Å². The Hall–Kier alpha value is -1.84. The summed E-state index contributed by atoms with van der Waals surface area (Å²) in [6, 6.07) is 6.40. The van der Waals surface area contributed by atoms with Gasteiger partial charge in [0.15, 0.2) is 0 Å². The fourth-order valence-electron chi connectivity index (χ4n) is 7.16. The van der Waals surface area contributed by atoms with Crippen LogP contribution in [0.1, 0.15) is 74.5 Å². The Morgan fingerprint density at radius 3 is 2.14 bits per heavy atom. The molecule has 28 heavy (non-hydrogen) atoms. The van der Waals surface area contributed by atoms with Crippen LogP contribution in [0.15, 0.2) is 18.2 Å². The summed E-state index contributed by atoms with van der Waals surface area (Å²) in [7, 11) is 0. The normalized spacial score (nSPS) is 32.6. The standard InChI is InChI=1S/C24H32N2O2/c27-22(11-16-5-6-20-3-1-2-4-21(20)10-16)25-26-23(28)15-24-12-17-7-18(13-24)9-19(8-17)14-24/h5-6,10,17-19H,1-4,7-9,11-15H2,(H,25,27)(H,26,28). The fourth-order valence-corrected chi connectivity index (χ4v) is 7.16. The SMILES string of the molecule is O=C(Cc1ccc2c(c1)CCCC2)NNC(=O)CC12CC3CC(CC(C3)C1)C2. The summed E-state index contributed by atoms with van der Waals surface area (Å²) < 4.78 is 0.